The number of ether oxygens (including phenoxy) is 2. The van der Waals surface area contributed by atoms with E-state index in [1.54, 1.807) is 6.07 Å². The standard InChI is InChI=1S/C18H28FN3O2.HI/c1-4-20-18(22(2)9-10-24-13-14-5-6-14)21-12-15-7-8-17(23-3)16(19)11-15;/h7-8,11,14H,4-6,9-10,12-13H2,1-3H3,(H,20,21);1H. The number of rotatable bonds is 9. The number of likely N-dealkylation sites (N-methyl/N-ethyl adjacent to an activating group) is 1. The molecule has 1 aliphatic carbocycles. The van der Waals surface area contributed by atoms with E-state index in [1.807, 2.05) is 24.9 Å². The number of nitrogens with one attached hydrogen (secondary N) is 1. The number of halogens is 2. The van der Waals surface area contributed by atoms with Crippen LogP contribution in [0.1, 0.15) is 25.3 Å². The van der Waals surface area contributed by atoms with E-state index in [0.717, 1.165) is 37.1 Å². The van der Waals surface area contributed by atoms with Crippen LogP contribution < -0.4 is 10.1 Å². The lowest BCUT2D eigenvalue weighted by Gasteiger charge is -2.22. The van der Waals surface area contributed by atoms with Crippen molar-refractivity contribution in [2.75, 3.05) is 40.5 Å². The van der Waals surface area contributed by atoms with Crippen molar-refractivity contribution in [1.29, 1.82) is 0 Å². The van der Waals surface area contributed by atoms with Gasteiger partial charge in [-0.2, -0.15) is 0 Å². The minimum Gasteiger partial charge on any atom is -0.494 e. The summed E-state index contributed by atoms with van der Waals surface area (Å²) in [5.41, 5.74) is 0.807. The molecule has 1 aliphatic rings. The van der Waals surface area contributed by atoms with Gasteiger partial charge >= 0.3 is 0 Å². The molecule has 0 saturated heterocycles. The summed E-state index contributed by atoms with van der Waals surface area (Å²) in [5, 5.41) is 3.25. The van der Waals surface area contributed by atoms with E-state index in [0.29, 0.717) is 13.2 Å². The second kappa shape index (κ2) is 11.5. The summed E-state index contributed by atoms with van der Waals surface area (Å²) in [6.07, 6.45) is 2.61. The molecule has 25 heavy (non-hydrogen) atoms. The zero-order valence-corrected chi connectivity index (χ0v) is 17.6. The van der Waals surface area contributed by atoms with E-state index >= 15 is 0 Å². The second-order valence-corrected chi connectivity index (χ2v) is 6.08. The van der Waals surface area contributed by atoms with Gasteiger partial charge in [0.05, 0.1) is 20.3 Å². The zero-order chi connectivity index (χ0) is 17.4. The highest BCUT2D eigenvalue weighted by Crippen LogP contribution is 2.28. The number of nitrogens with zero attached hydrogens (tertiary/aromatic N) is 2. The average Bonchev–Trinajstić information content (AvgIpc) is 3.39. The monoisotopic (exact) mass is 465 g/mol. The minimum atomic E-state index is -0.364. The molecule has 1 aromatic rings. The van der Waals surface area contributed by atoms with E-state index in [-0.39, 0.29) is 35.5 Å². The van der Waals surface area contributed by atoms with Gasteiger partial charge in [0.2, 0.25) is 0 Å². The molecule has 1 saturated carbocycles. The Bertz CT molecular complexity index is 553. The Morgan fingerprint density at radius 2 is 2.16 bits per heavy atom. The van der Waals surface area contributed by atoms with Crippen molar-refractivity contribution in [3.05, 3.63) is 29.6 Å². The van der Waals surface area contributed by atoms with Gasteiger partial charge in [-0.15, -0.1) is 24.0 Å². The predicted octanol–water partition coefficient (Wildman–Crippen LogP) is 3.28. The summed E-state index contributed by atoms with van der Waals surface area (Å²) in [6.45, 7) is 5.55. The lowest BCUT2D eigenvalue weighted by Crippen LogP contribution is -2.40. The van der Waals surface area contributed by atoms with E-state index in [2.05, 4.69) is 10.3 Å². The highest BCUT2D eigenvalue weighted by atomic mass is 127. The van der Waals surface area contributed by atoms with Crippen molar-refractivity contribution < 1.29 is 13.9 Å². The summed E-state index contributed by atoms with van der Waals surface area (Å²) in [7, 11) is 3.44. The Hall–Kier alpha value is -1.09. The van der Waals surface area contributed by atoms with Crippen LogP contribution >= 0.6 is 24.0 Å². The van der Waals surface area contributed by atoms with Gasteiger partial charge in [-0.05, 0) is 43.4 Å². The van der Waals surface area contributed by atoms with Crippen molar-refractivity contribution >= 4 is 29.9 Å². The Balaban J connectivity index is 0.00000312. The van der Waals surface area contributed by atoms with Crippen LogP contribution in [-0.4, -0.2) is 51.3 Å². The minimum absolute atomic E-state index is 0. The van der Waals surface area contributed by atoms with Gasteiger partial charge in [-0.3, -0.25) is 0 Å². The maximum absolute atomic E-state index is 13.7. The average molecular weight is 465 g/mol. The van der Waals surface area contributed by atoms with Crippen LogP contribution in [0.4, 0.5) is 4.39 Å². The van der Waals surface area contributed by atoms with Crippen LogP contribution in [0.15, 0.2) is 23.2 Å². The van der Waals surface area contributed by atoms with Gasteiger partial charge in [-0.25, -0.2) is 9.38 Å². The van der Waals surface area contributed by atoms with Crippen LogP contribution in [0.25, 0.3) is 0 Å². The predicted molar refractivity (Wildman–Crippen MR) is 109 cm³/mol. The van der Waals surface area contributed by atoms with Crippen LogP contribution in [0.3, 0.4) is 0 Å². The number of benzene rings is 1. The first kappa shape index (κ1) is 22.0. The van der Waals surface area contributed by atoms with E-state index < -0.39 is 0 Å². The number of hydrogen-bond donors (Lipinski definition) is 1. The Labute approximate surface area is 167 Å². The van der Waals surface area contributed by atoms with E-state index in [4.69, 9.17) is 9.47 Å². The molecule has 0 amide bonds. The molecule has 0 atom stereocenters. The fraction of sp³-hybridized carbons (Fsp3) is 0.611. The maximum atomic E-state index is 13.7. The highest BCUT2D eigenvalue weighted by Gasteiger charge is 2.21. The van der Waals surface area contributed by atoms with E-state index in [1.165, 1.54) is 26.0 Å². The number of methoxy groups -OCH3 is 1. The molecule has 0 spiro atoms. The lowest BCUT2D eigenvalue weighted by atomic mass is 10.2. The SMILES string of the molecule is CCNC(=NCc1ccc(OC)c(F)c1)N(C)CCOCC1CC1.I. The zero-order valence-electron chi connectivity index (χ0n) is 15.3. The van der Waals surface area contributed by atoms with Gasteiger partial charge in [-0.1, -0.05) is 6.07 Å². The smallest absolute Gasteiger partial charge is 0.194 e. The maximum Gasteiger partial charge on any atom is 0.194 e. The topological polar surface area (TPSA) is 46.1 Å². The van der Waals surface area contributed by atoms with Crippen molar-refractivity contribution in [2.24, 2.45) is 10.9 Å². The van der Waals surface area contributed by atoms with Crippen molar-refractivity contribution in [3.8, 4) is 5.75 Å². The molecule has 1 fully saturated rings. The third-order valence-electron chi connectivity index (χ3n) is 3.95. The lowest BCUT2D eigenvalue weighted by molar-refractivity contribution is 0.115. The Kier molecular flexibility index (Phi) is 10.1. The molecule has 0 bridgehead atoms. The molecule has 0 aromatic heterocycles. The molecule has 142 valence electrons. The van der Waals surface area contributed by atoms with Crippen molar-refractivity contribution in [1.82, 2.24) is 10.2 Å². The van der Waals surface area contributed by atoms with Gasteiger partial charge in [0.15, 0.2) is 17.5 Å². The van der Waals surface area contributed by atoms with Crippen molar-refractivity contribution in [2.45, 2.75) is 26.3 Å². The van der Waals surface area contributed by atoms with Gasteiger partial charge in [0.1, 0.15) is 0 Å². The summed E-state index contributed by atoms with van der Waals surface area (Å²) < 4.78 is 24.3. The summed E-state index contributed by atoms with van der Waals surface area (Å²) in [5.74, 6) is 1.46. The number of hydrogen-bond acceptors (Lipinski definition) is 3. The Morgan fingerprint density at radius 1 is 1.40 bits per heavy atom. The molecule has 0 unspecified atom stereocenters. The first-order chi connectivity index (χ1) is 11.6. The normalized spacial score (nSPS) is 14.0. The third kappa shape index (κ3) is 7.77. The highest BCUT2D eigenvalue weighted by molar-refractivity contribution is 14.0. The molecule has 2 rings (SSSR count). The van der Waals surface area contributed by atoms with Crippen LogP contribution in [0, 0.1) is 11.7 Å². The van der Waals surface area contributed by atoms with Crippen LogP contribution in [-0.2, 0) is 11.3 Å². The van der Waals surface area contributed by atoms with E-state index in [9.17, 15) is 4.39 Å². The van der Waals surface area contributed by atoms with Gasteiger partial charge < -0.3 is 19.7 Å². The molecule has 1 aromatic carbocycles. The third-order valence-corrected chi connectivity index (χ3v) is 3.95. The van der Waals surface area contributed by atoms with Crippen molar-refractivity contribution in [3.63, 3.8) is 0 Å². The summed E-state index contributed by atoms with van der Waals surface area (Å²) in [6, 6.07) is 4.92. The molecule has 0 radical (unpaired) electrons. The van der Waals surface area contributed by atoms with Gasteiger partial charge in [0, 0.05) is 26.7 Å². The molecule has 1 N–H and O–H groups in total. The van der Waals surface area contributed by atoms with Gasteiger partial charge in [0.25, 0.3) is 0 Å². The molecule has 0 aliphatic heterocycles. The van der Waals surface area contributed by atoms with Crippen LogP contribution in [0.5, 0.6) is 5.75 Å². The molecule has 7 heteroatoms. The first-order valence-electron chi connectivity index (χ1n) is 8.53. The fourth-order valence-electron chi connectivity index (χ4n) is 2.29. The van der Waals surface area contributed by atoms with Crippen LogP contribution in [0.2, 0.25) is 0 Å². The summed E-state index contributed by atoms with van der Waals surface area (Å²) in [4.78, 5) is 6.61. The first-order valence-corrected chi connectivity index (χ1v) is 8.53. The molecular formula is C18H29FIN3O2. The largest absolute Gasteiger partial charge is 0.494 e. The summed E-state index contributed by atoms with van der Waals surface area (Å²) >= 11 is 0. The second-order valence-electron chi connectivity index (χ2n) is 6.08. The fourth-order valence-corrected chi connectivity index (χ4v) is 2.29. The number of guanidine groups is 1. The molecular weight excluding hydrogens is 436 g/mol. The quantitative estimate of drug-likeness (QED) is 0.263. The Morgan fingerprint density at radius 3 is 2.76 bits per heavy atom. The number of aliphatic imine (C=N–C) groups is 1. The molecule has 5 nitrogen and oxygen atoms in total. The molecule has 0 heterocycles.